The van der Waals surface area contributed by atoms with Crippen molar-refractivity contribution >= 4 is 29.3 Å². The summed E-state index contributed by atoms with van der Waals surface area (Å²) in [5.41, 5.74) is 7.47. The smallest absolute Gasteiger partial charge is 0.255 e. The first-order chi connectivity index (χ1) is 17.3. The molecule has 4 amide bonds. The average Bonchev–Trinajstić information content (AvgIpc) is 3.19. The van der Waals surface area contributed by atoms with E-state index in [1.807, 2.05) is 12.1 Å². The van der Waals surface area contributed by atoms with Crippen molar-refractivity contribution in [3.63, 3.8) is 0 Å². The normalized spacial score (nSPS) is 20.4. The predicted octanol–water partition coefficient (Wildman–Crippen LogP) is 1.98. The molecule has 1 unspecified atom stereocenters. The van der Waals surface area contributed by atoms with Gasteiger partial charge in [0.15, 0.2) is 0 Å². The number of piperidine rings is 2. The molecule has 3 aliphatic heterocycles. The van der Waals surface area contributed by atoms with E-state index in [0.717, 1.165) is 37.2 Å². The molecule has 188 valence electrons. The second kappa shape index (κ2) is 9.60. The van der Waals surface area contributed by atoms with Gasteiger partial charge < -0.3 is 20.3 Å². The third-order valence-electron chi connectivity index (χ3n) is 7.20. The lowest BCUT2D eigenvalue weighted by atomic mass is 9.96. The molecule has 2 fully saturated rings. The van der Waals surface area contributed by atoms with E-state index in [9.17, 15) is 23.6 Å². The molecule has 10 heteroatoms. The number of hydrogen-bond donors (Lipinski definition) is 2. The van der Waals surface area contributed by atoms with Gasteiger partial charge >= 0.3 is 0 Å². The van der Waals surface area contributed by atoms with Crippen molar-refractivity contribution in [2.45, 2.75) is 38.3 Å². The maximum atomic E-state index is 14.0. The van der Waals surface area contributed by atoms with Crippen LogP contribution in [0.1, 0.15) is 52.0 Å². The van der Waals surface area contributed by atoms with E-state index in [-0.39, 0.29) is 29.7 Å². The van der Waals surface area contributed by atoms with Crippen molar-refractivity contribution < 1.29 is 28.3 Å². The molecule has 3 N–H and O–H groups in total. The van der Waals surface area contributed by atoms with Gasteiger partial charge in [-0.3, -0.25) is 24.5 Å². The number of imide groups is 1. The Hall–Kier alpha value is -3.95. The molecule has 0 radical (unpaired) electrons. The van der Waals surface area contributed by atoms with Gasteiger partial charge in [0.25, 0.3) is 11.8 Å². The Morgan fingerprint density at radius 2 is 1.89 bits per heavy atom. The second-order valence-electron chi connectivity index (χ2n) is 9.45. The van der Waals surface area contributed by atoms with Crippen molar-refractivity contribution in [3.8, 4) is 5.75 Å². The lowest BCUT2D eigenvalue weighted by Gasteiger charge is -2.35. The lowest BCUT2D eigenvalue weighted by Crippen LogP contribution is -2.52. The number of hydrogen-bond acceptors (Lipinski definition) is 6. The molecule has 2 aromatic rings. The lowest BCUT2D eigenvalue weighted by molar-refractivity contribution is -0.136. The summed E-state index contributed by atoms with van der Waals surface area (Å²) in [5, 5.41) is 2.34. The minimum Gasteiger partial charge on any atom is -0.493 e. The quantitative estimate of drug-likeness (QED) is 0.593. The van der Waals surface area contributed by atoms with Crippen LogP contribution in [0.5, 0.6) is 5.75 Å². The molecule has 0 aliphatic carbocycles. The fourth-order valence-electron chi connectivity index (χ4n) is 5.21. The molecule has 2 aromatic carbocycles. The van der Waals surface area contributed by atoms with Crippen LogP contribution in [-0.2, 0) is 16.1 Å². The van der Waals surface area contributed by atoms with Crippen LogP contribution in [0.4, 0.5) is 10.1 Å². The van der Waals surface area contributed by atoms with Gasteiger partial charge in [-0.05, 0) is 49.4 Å². The van der Waals surface area contributed by atoms with Crippen LogP contribution in [0, 0.1) is 11.7 Å². The Labute approximate surface area is 207 Å². The van der Waals surface area contributed by atoms with Crippen molar-refractivity contribution in [1.82, 2.24) is 10.2 Å². The van der Waals surface area contributed by atoms with E-state index in [4.69, 9.17) is 10.5 Å². The Balaban J connectivity index is 1.21. The SMILES string of the molecule is NC(=O)c1ccc(OCC2CCN(c3cccc4c3CN(C3CCC(=O)NC3=O)C4=O)CC2)cc1F. The zero-order valence-electron chi connectivity index (χ0n) is 19.7. The van der Waals surface area contributed by atoms with E-state index in [2.05, 4.69) is 10.2 Å². The average molecular weight is 495 g/mol. The molecule has 1 atom stereocenters. The first-order valence-electron chi connectivity index (χ1n) is 12.1. The highest BCUT2D eigenvalue weighted by Gasteiger charge is 2.40. The van der Waals surface area contributed by atoms with Crippen molar-refractivity contribution in [3.05, 3.63) is 58.9 Å². The maximum absolute atomic E-state index is 14.0. The van der Waals surface area contributed by atoms with Crippen LogP contribution in [0.15, 0.2) is 36.4 Å². The number of benzene rings is 2. The Morgan fingerprint density at radius 1 is 1.11 bits per heavy atom. The van der Waals surface area contributed by atoms with Crippen LogP contribution in [0.3, 0.4) is 0 Å². The van der Waals surface area contributed by atoms with E-state index in [1.54, 1.807) is 11.0 Å². The number of anilines is 1. The minimum absolute atomic E-state index is 0.166. The number of carbonyl (C=O) groups excluding carboxylic acids is 4. The number of nitrogens with one attached hydrogen (secondary N) is 1. The number of nitrogens with two attached hydrogens (primary N) is 1. The molecule has 0 bridgehead atoms. The number of primary amides is 1. The number of halogens is 1. The second-order valence-corrected chi connectivity index (χ2v) is 9.45. The first kappa shape index (κ1) is 23.8. The van der Waals surface area contributed by atoms with Crippen LogP contribution >= 0.6 is 0 Å². The van der Waals surface area contributed by atoms with Gasteiger partial charge in [-0.15, -0.1) is 0 Å². The predicted molar refractivity (Wildman–Crippen MR) is 128 cm³/mol. The Kier molecular flexibility index (Phi) is 6.34. The highest BCUT2D eigenvalue weighted by atomic mass is 19.1. The van der Waals surface area contributed by atoms with E-state index in [1.165, 1.54) is 18.2 Å². The van der Waals surface area contributed by atoms with Crippen LogP contribution in [-0.4, -0.2) is 54.3 Å². The Bertz CT molecular complexity index is 1240. The molecular formula is C26H27FN4O5. The van der Waals surface area contributed by atoms with Crippen molar-refractivity contribution in [2.24, 2.45) is 11.7 Å². The highest BCUT2D eigenvalue weighted by molar-refractivity contribution is 6.06. The summed E-state index contributed by atoms with van der Waals surface area (Å²) in [6, 6.07) is 9.05. The molecule has 0 saturated carbocycles. The zero-order chi connectivity index (χ0) is 25.4. The summed E-state index contributed by atoms with van der Waals surface area (Å²) in [7, 11) is 0. The van der Waals surface area contributed by atoms with Gasteiger partial charge in [0, 0.05) is 48.9 Å². The summed E-state index contributed by atoms with van der Waals surface area (Å²) in [6.45, 7) is 2.31. The number of carbonyl (C=O) groups is 4. The van der Waals surface area contributed by atoms with Gasteiger partial charge in [0.1, 0.15) is 17.6 Å². The fourth-order valence-corrected chi connectivity index (χ4v) is 5.21. The van der Waals surface area contributed by atoms with Gasteiger partial charge in [0.05, 0.1) is 12.2 Å². The molecule has 3 heterocycles. The fraction of sp³-hybridized carbons (Fsp3) is 0.385. The maximum Gasteiger partial charge on any atom is 0.255 e. The molecule has 2 saturated heterocycles. The number of nitrogens with zero attached hydrogens (tertiary/aromatic N) is 2. The van der Waals surface area contributed by atoms with Crippen LogP contribution < -0.4 is 20.7 Å². The summed E-state index contributed by atoms with van der Waals surface area (Å²) in [4.78, 5) is 52.0. The topological polar surface area (TPSA) is 122 Å². The molecule has 0 aromatic heterocycles. The van der Waals surface area contributed by atoms with Gasteiger partial charge in [-0.25, -0.2) is 4.39 Å². The van der Waals surface area contributed by atoms with E-state index >= 15 is 0 Å². The number of amides is 4. The summed E-state index contributed by atoms with van der Waals surface area (Å²) < 4.78 is 19.7. The van der Waals surface area contributed by atoms with Gasteiger partial charge in [0.2, 0.25) is 11.8 Å². The standard InChI is InChI=1S/C26H27FN4O5/c27-20-12-16(4-5-18(20)24(28)33)36-14-15-8-10-30(11-9-15)21-3-1-2-17-19(21)13-31(26(17)35)22-6-7-23(32)29-25(22)34/h1-5,12,15,22H,6-11,13-14H2,(H2,28,33)(H,29,32,34). The van der Waals surface area contributed by atoms with E-state index < -0.39 is 23.7 Å². The summed E-state index contributed by atoms with van der Waals surface area (Å²) in [6.07, 6.45) is 2.27. The van der Waals surface area contributed by atoms with Crippen molar-refractivity contribution in [2.75, 3.05) is 24.6 Å². The molecule has 36 heavy (non-hydrogen) atoms. The minimum atomic E-state index is -0.819. The summed E-state index contributed by atoms with van der Waals surface area (Å²) in [5.74, 6) is -1.79. The Morgan fingerprint density at radius 3 is 2.58 bits per heavy atom. The molecule has 5 rings (SSSR count). The number of rotatable bonds is 6. The molecule has 0 spiro atoms. The third kappa shape index (κ3) is 4.50. The van der Waals surface area contributed by atoms with Crippen LogP contribution in [0.2, 0.25) is 0 Å². The first-order valence-corrected chi connectivity index (χ1v) is 12.1. The number of ether oxygens (including phenoxy) is 1. The molecule has 9 nitrogen and oxygen atoms in total. The largest absolute Gasteiger partial charge is 0.493 e. The third-order valence-corrected chi connectivity index (χ3v) is 7.20. The zero-order valence-corrected chi connectivity index (χ0v) is 19.7. The van der Waals surface area contributed by atoms with E-state index in [0.29, 0.717) is 30.9 Å². The van der Waals surface area contributed by atoms with Gasteiger partial charge in [-0.2, -0.15) is 0 Å². The molecular weight excluding hydrogens is 467 g/mol. The number of fused-ring (bicyclic) bond motifs is 1. The summed E-state index contributed by atoms with van der Waals surface area (Å²) >= 11 is 0. The van der Waals surface area contributed by atoms with Gasteiger partial charge in [-0.1, -0.05) is 6.07 Å². The van der Waals surface area contributed by atoms with Crippen molar-refractivity contribution in [1.29, 1.82) is 0 Å². The monoisotopic (exact) mass is 494 g/mol. The highest BCUT2D eigenvalue weighted by Crippen LogP contribution is 2.35. The molecule has 3 aliphatic rings. The van der Waals surface area contributed by atoms with Crippen LogP contribution in [0.25, 0.3) is 0 Å².